The smallest absolute Gasteiger partial charge is 0.416 e. The van der Waals surface area contributed by atoms with Crippen molar-refractivity contribution < 1.29 is 41.0 Å². The van der Waals surface area contributed by atoms with Gasteiger partial charge in [-0.15, -0.1) is 0 Å². The van der Waals surface area contributed by atoms with Crippen LogP contribution in [0.4, 0.5) is 24.5 Å². The largest absolute Gasteiger partial charge is 0.488 e. The second-order valence-electron chi connectivity index (χ2n) is 7.27. The van der Waals surface area contributed by atoms with E-state index < -0.39 is 40.1 Å². The van der Waals surface area contributed by atoms with Crippen molar-refractivity contribution in [1.82, 2.24) is 0 Å². The molecule has 2 aromatic carbocycles. The Hall–Kier alpha value is -3.28. The normalized spacial score (nSPS) is 11.7. The molecule has 0 unspecified atom stereocenters. The molecule has 1 amide bonds. The summed E-state index contributed by atoms with van der Waals surface area (Å²) in [6.45, 7) is 4.39. The van der Waals surface area contributed by atoms with Crippen molar-refractivity contribution in [3.63, 3.8) is 0 Å². The lowest BCUT2D eigenvalue weighted by Gasteiger charge is -2.17. The highest BCUT2D eigenvalue weighted by Crippen LogP contribution is 2.33. The molecule has 0 heterocycles. The fourth-order valence-corrected chi connectivity index (χ4v) is 3.62. The van der Waals surface area contributed by atoms with Gasteiger partial charge in [0.1, 0.15) is 18.8 Å². The van der Waals surface area contributed by atoms with Gasteiger partial charge in [-0.3, -0.25) is 14.3 Å². The fourth-order valence-electron chi connectivity index (χ4n) is 3.00. The lowest BCUT2D eigenvalue weighted by Crippen LogP contribution is -2.16. The number of benzene rings is 2. The molecule has 0 bridgehead atoms. The Morgan fingerprint density at radius 3 is 2.15 bits per heavy atom. The molecular formula is C21H23F3N2O6S. The number of ether oxygens (including phenoxy) is 1. The van der Waals surface area contributed by atoms with Gasteiger partial charge in [0.2, 0.25) is 15.9 Å². The first-order valence-electron chi connectivity index (χ1n) is 9.67. The molecular weight excluding hydrogens is 465 g/mol. The summed E-state index contributed by atoms with van der Waals surface area (Å²) in [5.41, 5.74) is 0.298. The molecule has 0 aliphatic heterocycles. The number of carbonyl (C=O) groups excluding carboxylic acids is 1. The van der Waals surface area contributed by atoms with Gasteiger partial charge in [-0.05, 0) is 67.8 Å². The van der Waals surface area contributed by atoms with Crippen molar-refractivity contribution in [2.45, 2.75) is 40.0 Å². The number of hydrogen-bond acceptors (Lipinski definition) is 5. The summed E-state index contributed by atoms with van der Waals surface area (Å²) in [7, 11) is -3.78. The molecule has 0 saturated heterocycles. The van der Waals surface area contributed by atoms with E-state index in [-0.39, 0.29) is 23.6 Å². The number of aliphatic carboxylic acids is 1. The van der Waals surface area contributed by atoms with Gasteiger partial charge in [-0.25, -0.2) is 8.42 Å². The zero-order valence-corrected chi connectivity index (χ0v) is 18.9. The van der Waals surface area contributed by atoms with Crippen molar-refractivity contribution >= 4 is 33.3 Å². The Bertz CT molecular complexity index is 1140. The van der Waals surface area contributed by atoms with Crippen molar-refractivity contribution in [2.24, 2.45) is 0 Å². The van der Waals surface area contributed by atoms with E-state index in [1.54, 1.807) is 13.8 Å². The summed E-state index contributed by atoms with van der Waals surface area (Å²) >= 11 is 0. The first-order valence-corrected chi connectivity index (χ1v) is 11.3. The van der Waals surface area contributed by atoms with Crippen LogP contribution in [0.5, 0.6) is 5.75 Å². The van der Waals surface area contributed by atoms with E-state index in [1.165, 1.54) is 25.1 Å². The Labute approximate surface area is 188 Å². The fraction of sp³-hybridized carbons (Fsp3) is 0.333. The summed E-state index contributed by atoms with van der Waals surface area (Å²) in [4.78, 5) is 22.3. The number of carboxylic acids is 1. The zero-order valence-electron chi connectivity index (χ0n) is 18.0. The van der Waals surface area contributed by atoms with Crippen molar-refractivity contribution in [2.75, 3.05) is 15.8 Å². The molecule has 33 heavy (non-hydrogen) atoms. The maximum Gasteiger partial charge on any atom is 0.416 e. The number of hydrogen-bond donors (Lipinski definition) is 3. The van der Waals surface area contributed by atoms with Crippen LogP contribution in [-0.2, 0) is 32.4 Å². The monoisotopic (exact) mass is 488 g/mol. The summed E-state index contributed by atoms with van der Waals surface area (Å²) in [6, 6.07) is 5.91. The molecule has 2 rings (SSSR count). The first kappa shape index (κ1) is 26.0. The minimum atomic E-state index is -4.69. The molecule has 0 radical (unpaired) electrons. The van der Waals surface area contributed by atoms with Gasteiger partial charge in [0, 0.05) is 11.4 Å². The second-order valence-corrected chi connectivity index (χ2v) is 9.28. The lowest BCUT2D eigenvalue weighted by molar-refractivity contribution is -0.140. The quantitative estimate of drug-likeness (QED) is 0.458. The van der Waals surface area contributed by atoms with Gasteiger partial charge in [-0.1, -0.05) is 0 Å². The van der Waals surface area contributed by atoms with E-state index in [9.17, 15) is 31.2 Å². The number of carbonyl (C=O) groups is 2. The first-order chi connectivity index (χ1) is 15.2. The van der Waals surface area contributed by atoms with E-state index in [2.05, 4.69) is 10.0 Å². The topological polar surface area (TPSA) is 122 Å². The number of nitrogens with one attached hydrogen (secondary N) is 2. The van der Waals surface area contributed by atoms with Gasteiger partial charge in [0.05, 0.1) is 11.3 Å². The predicted molar refractivity (Wildman–Crippen MR) is 116 cm³/mol. The molecule has 0 atom stereocenters. The van der Waals surface area contributed by atoms with E-state index in [4.69, 9.17) is 9.84 Å². The van der Waals surface area contributed by atoms with Crippen LogP contribution < -0.4 is 14.8 Å². The number of amides is 1. The highest BCUT2D eigenvalue weighted by molar-refractivity contribution is 7.92. The number of sulfonamides is 1. The van der Waals surface area contributed by atoms with Crippen LogP contribution in [0.2, 0.25) is 0 Å². The highest BCUT2D eigenvalue weighted by Gasteiger charge is 2.31. The summed E-state index contributed by atoms with van der Waals surface area (Å²) in [5.74, 6) is -1.93. The molecule has 0 spiro atoms. The van der Waals surface area contributed by atoms with Gasteiger partial charge in [-0.2, -0.15) is 13.2 Å². The third-order valence-electron chi connectivity index (χ3n) is 4.41. The average Bonchev–Trinajstić information content (AvgIpc) is 2.65. The SMILES string of the molecule is CCS(=O)(=O)Nc1cc(COc2c(C)cc(NC(=O)CC(=O)O)cc2C)cc(C(F)(F)F)c1. The third-order valence-corrected chi connectivity index (χ3v) is 5.72. The molecule has 180 valence electrons. The van der Waals surface area contributed by atoms with Crippen LogP contribution in [0.15, 0.2) is 30.3 Å². The summed E-state index contributed by atoms with van der Waals surface area (Å²) < 4.78 is 71.3. The van der Waals surface area contributed by atoms with Gasteiger partial charge in [0.15, 0.2) is 0 Å². The number of carboxylic acid groups (broad SMARTS) is 1. The van der Waals surface area contributed by atoms with E-state index in [0.29, 0.717) is 28.6 Å². The van der Waals surface area contributed by atoms with Crippen LogP contribution in [0.1, 0.15) is 35.6 Å². The van der Waals surface area contributed by atoms with Crippen LogP contribution in [0, 0.1) is 13.8 Å². The van der Waals surface area contributed by atoms with Crippen LogP contribution >= 0.6 is 0 Å². The summed E-state index contributed by atoms with van der Waals surface area (Å²) in [6.07, 6.45) is -5.39. The van der Waals surface area contributed by atoms with Gasteiger partial charge in [0.25, 0.3) is 0 Å². The Morgan fingerprint density at radius 2 is 1.64 bits per heavy atom. The molecule has 0 aliphatic rings. The van der Waals surface area contributed by atoms with E-state index in [1.807, 2.05) is 0 Å². The van der Waals surface area contributed by atoms with Gasteiger partial charge < -0.3 is 15.2 Å². The molecule has 2 aromatic rings. The third kappa shape index (κ3) is 7.67. The van der Waals surface area contributed by atoms with Crippen LogP contribution in [0.3, 0.4) is 0 Å². The van der Waals surface area contributed by atoms with Crippen LogP contribution in [0.25, 0.3) is 0 Å². The maximum absolute atomic E-state index is 13.3. The zero-order chi connectivity index (χ0) is 25.0. The van der Waals surface area contributed by atoms with Crippen LogP contribution in [-0.4, -0.2) is 31.2 Å². The van der Waals surface area contributed by atoms with Crippen molar-refractivity contribution in [3.05, 3.63) is 52.6 Å². The van der Waals surface area contributed by atoms with E-state index >= 15 is 0 Å². The molecule has 3 N–H and O–H groups in total. The summed E-state index contributed by atoms with van der Waals surface area (Å²) in [5, 5.41) is 11.1. The molecule has 12 heteroatoms. The number of anilines is 2. The van der Waals surface area contributed by atoms with Crippen molar-refractivity contribution in [3.8, 4) is 5.75 Å². The minimum absolute atomic E-state index is 0.0938. The number of halogens is 3. The molecule has 0 aromatic heterocycles. The van der Waals surface area contributed by atoms with Crippen molar-refractivity contribution in [1.29, 1.82) is 0 Å². The maximum atomic E-state index is 13.3. The average molecular weight is 488 g/mol. The molecule has 0 fully saturated rings. The predicted octanol–water partition coefficient (Wildman–Crippen LogP) is 4.08. The molecule has 8 nitrogen and oxygen atoms in total. The number of aryl methyl sites for hydroxylation is 2. The minimum Gasteiger partial charge on any atom is -0.488 e. The Kier molecular flexibility index (Phi) is 7.96. The Balaban J connectivity index is 2.27. The molecule has 0 saturated carbocycles. The highest BCUT2D eigenvalue weighted by atomic mass is 32.2. The van der Waals surface area contributed by atoms with E-state index in [0.717, 1.165) is 6.07 Å². The lowest BCUT2D eigenvalue weighted by atomic mass is 10.1. The number of alkyl halides is 3. The number of rotatable bonds is 9. The standard InChI is InChI=1S/C21H23F3N2O6S/c1-4-33(30,31)26-17-8-14(7-15(9-17)21(22,23)24)11-32-20-12(2)5-16(6-13(20)3)25-18(27)10-19(28)29/h5-9,26H,4,10-11H2,1-3H3,(H,25,27)(H,28,29). The van der Waals surface area contributed by atoms with Gasteiger partial charge >= 0.3 is 12.1 Å². The Morgan fingerprint density at radius 1 is 1.03 bits per heavy atom. The molecule has 0 aliphatic carbocycles. The second kappa shape index (κ2) is 10.1.